The van der Waals surface area contributed by atoms with E-state index in [9.17, 15) is 5.11 Å². The molecule has 2 rings (SSSR count). The fourth-order valence-corrected chi connectivity index (χ4v) is 2.36. The molecule has 0 aliphatic rings. The molecule has 18 heavy (non-hydrogen) atoms. The van der Waals surface area contributed by atoms with Gasteiger partial charge < -0.3 is 5.11 Å². The van der Waals surface area contributed by atoms with Crippen molar-refractivity contribution in [3.8, 4) is 0 Å². The summed E-state index contributed by atoms with van der Waals surface area (Å²) < 4.78 is 0.938. The van der Waals surface area contributed by atoms with Gasteiger partial charge in [0, 0.05) is 22.8 Å². The molecule has 0 saturated heterocycles. The molecule has 1 aromatic heterocycles. The number of rotatable bonds is 3. The summed E-state index contributed by atoms with van der Waals surface area (Å²) >= 11 is 3.48. The maximum Gasteiger partial charge on any atom is 0.0856 e. The van der Waals surface area contributed by atoms with Crippen LogP contribution in [0.25, 0.3) is 0 Å². The number of pyridine rings is 1. The number of aryl methyl sites for hydroxylation is 2. The average molecular weight is 306 g/mol. The van der Waals surface area contributed by atoms with Gasteiger partial charge in [0.15, 0.2) is 0 Å². The van der Waals surface area contributed by atoms with Crippen molar-refractivity contribution in [2.45, 2.75) is 26.4 Å². The number of aliphatic hydroxyl groups is 1. The summed E-state index contributed by atoms with van der Waals surface area (Å²) in [6, 6.07) is 9.96. The van der Waals surface area contributed by atoms with Gasteiger partial charge in [0.1, 0.15) is 0 Å². The summed E-state index contributed by atoms with van der Waals surface area (Å²) in [5, 5.41) is 10.3. The molecule has 0 bridgehead atoms. The molecule has 2 aromatic rings. The molecule has 0 fully saturated rings. The highest BCUT2D eigenvalue weighted by atomic mass is 79.9. The van der Waals surface area contributed by atoms with E-state index < -0.39 is 6.10 Å². The Morgan fingerprint density at radius 2 is 1.89 bits per heavy atom. The Labute approximate surface area is 116 Å². The van der Waals surface area contributed by atoms with Crippen LogP contribution in [0.4, 0.5) is 0 Å². The predicted octanol–water partition coefficient (Wildman–Crippen LogP) is 3.74. The minimum atomic E-state index is -0.533. The van der Waals surface area contributed by atoms with Crippen molar-refractivity contribution in [3.63, 3.8) is 0 Å². The van der Waals surface area contributed by atoms with E-state index in [-0.39, 0.29) is 0 Å². The lowest BCUT2D eigenvalue weighted by Crippen LogP contribution is -2.04. The average Bonchev–Trinajstić information content (AvgIpc) is 2.35. The highest BCUT2D eigenvalue weighted by Crippen LogP contribution is 2.26. The van der Waals surface area contributed by atoms with Gasteiger partial charge in [-0.25, -0.2) is 0 Å². The molecule has 0 radical (unpaired) electrons. The lowest BCUT2D eigenvalue weighted by molar-refractivity contribution is 0.176. The zero-order chi connectivity index (χ0) is 13.1. The van der Waals surface area contributed by atoms with Crippen LogP contribution in [0.1, 0.15) is 28.5 Å². The van der Waals surface area contributed by atoms with Gasteiger partial charge in [-0.2, -0.15) is 0 Å². The smallest absolute Gasteiger partial charge is 0.0856 e. The summed E-state index contributed by atoms with van der Waals surface area (Å²) in [5.41, 5.74) is 4.09. The minimum absolute atomic E-state index is 0.530. The van der Waals surface area contributed by atoms with Gasteiger partial charge in [-0.05, 0) is 37.1 Å². The zero-order valence-corrected chi connectivity index (χ0v) is 12.1. The van der Waals surface area contributed by atoms with Gasteiger partial charge in [-0.15, -0.1) is 0 Å². The summed E-state index contributed by atoms with van der Waals surface area (Å²) in [6.45, 7) is 4.02. The molecule has 1 N–H and O–H groups in total. The van der Waals surface area contributed by atoms with Crippen molar-refractivity contribution in [1.82, 2.24) is 4.98 Å². The number of hydrogen-bond acceptors (Lipinski definition) is 2. The maximum absolute atomic E-state index is 10.3. The lowest BCUT2D eigenvalue weighted by Gasteiger charge is -2.13. The molecular formula is C15H16BrNO. The van der Waals surface area contributed by atoms with E-state index in [1.165, 1.54) is 0 Å². The fraction of sp³-hybridized carbons (Fsp3) is 0.267. The van der Waals surface area contributed by atoms with Crippen LogP contribution in [0.2, 0.25) is 0 Å². The fourth-order valence-electron chi connectivity index (χ4n) is 1.85. The first-order valence-electron chi connectivity index (χ1n) is 5.92. The van der Waals surface area contributed by atoms with Crippen LogP contribution in [0.5, 0.6) is 0 Å². The maximum atomic E-state index is 10.3. The van der Waals surface area contributed by atoms with Crippen molar-refractivity contribution < 1.29 is 5.11 Å². The Morgan fingerprint density at radius 3 is 2.56 bits per heavy atom. The van der Waals surface area contributed by atoms with Gasteiger partial charge in [-0.1, -0.05) is 39.7 Å². The number of nitrogens with zero attached hydrogens (tertiary/aromatic N) is 1. The van der Waals surface area contributed by atoms with Crippen LogP contribution < -0.4 is 0 Å². The molecule has 0 amide bonds. The van der Waals surface area contributed by atoms with Gasteiger partial charge in [-0.3, -0.25) is 4.98 Å². The van der Waals surface area contributed by atoms with Crippen LogP contribution in [-0.2, 0) is 6.42 Å². The molecule has 94 valence electrons. The Morgan fingerprint density at radius 1 is 1.17 bits per heavy atom. The summed E-state index contributed by atoms with van der Waals surface area (Å²) in [5.74, 6) is 0. The first-order valence-corrected chi connectivity index (χ1v) is 6.71. The molecule has 0 spiro atoms. The molecule has 1 atom stereocenters. The zero-order valence-electron chi connectivity index (χ0n) is 10.5. The van der Waals surface area contributed by atoms with E-state index in [2.05, 4.69) is 20.9 Å². The quantitative estimate of drug-likeness (QED) is 0.937. The number of benzene rings is 1. The molecule has 1 unspecified atom stereocenters. The molecule has 0 aliphatic carbocycles. The van der Waals surface area contributed by atoms with Crippen molar-refractivity contribution >= 4 is 15.9 Å². The molecule has 2 nitrogen and oxygen atoms in total. The first kappa shape index (κ1) is 13.2. The molecule has 1 heterocycles. The van der Waals surface area contributed by atoms with Crippen LogP contribution in [0, 0.1) is 13.8 Å². The second kappa shape index (κ2) is 5.63. The van der Waals surface area contributed by atoms with E-state index in [1.807, 2.05) is 50.4 Å². The van der Waals surface area contributed by atoms with Gasteiger partial charge >= 0.3 is 0 Å². The van der Waals surface area contributed by atoms with Crippen LogP contribution >= 0.6 is 15.9 Å². The van der Waals surface area contributed by atoms with Crippen molar-refractivity contribution in [3.05, 3.63) is 63.4 Å². The monoisotopic (exact) mass is 305 g/mol. The third kappa shape index (κ3) is 3.18. The largest absolute Gasteiger partial charge is 0.388 e. The van der Waals surface area contributed by atoms with Crippen LogP contribution in [0.3, 0.4) is 0 Å². The third-order valence-electron chi connectivity index (χ3n) is 2.89. The first-order chi connectivity index (χ1) is 8.56. The SMILES string of the molecule is Cc1ccc(CC(O)c2cc(C)ccc2Br)nc1. The highest BCUT2D eigenvalue weighted by molar-refractivity contribution is 9.10. The predicted molar refractivity (Wildman–Crippen MR) is 76.5 cm³/mol. The van der Waals surface area contributed by atoms with E-state index >= 15 is 0 Å². The topological polar surface area (TPSA) is 33.1 Å². The normalized spacial score (nSPS) is 12.4. The molecule has 0 saturated carbocycles. The van der Waals surface area contributed by atoms with Gasteiger partial charge in [0.05, 0.1) is 6.10 Å². The number of aromatic nitrogens is 1. The number of aliphatic hydroxyl groups excluding tert-OH is 1. The standard InChI is InChI=1S/C15H16BrNO/c1-10-4-6-14(16)13(7-10)15(18)8-12-5-3-11(2)9-17-12/h3-7,9,15,18H,8H2,1-2H3. The molecule has 3 heteroatoms. The van der Waals surface area contributed by atoms with Crippen LogP contribution in [0.15, 0.2) is 41.0 Å². The minimum Gasteiger partial charge on any atom is -0.388 e. The van der Waals surface area contributed by atoms with Crippen molar-refractivity contribution in [2.75, 3.05) is 0 Å². The van der Waals surface area contributed by atoms with E-state index in [0.717, 1.165) is 26.9 Å². The van der Waals surface area contributed by atoms with Crippen molar-refractivity contribution in [1.29, 1.82) is 0 Å². The Balaban J connectivity index is 2.18. The van der Waals surface area contributed by atoms with Gasteiger partial charge in [0.25, 0.3) is 0 Å². The van der Waals surface area contributed by atoms with Gasteiger partial charge in [0.2, 0.25) is 0 Å². The number of hydrogen-bond donors (Lipinski definition) is 1. The summed E-state index contributed by atoms with van der Waals surface area (Å²) in [6.07, 6.45) is 1.82. The summed E-state index contributed by atoms with van der Waals surface area (Å²) in [4.78, 5) is 4.32. The van der Waals surface area contributed by atoms with E-state index in [4.69, 9.17) is 0 Å². The van der Waals surface area contributed by atoms with E-state index in [0.29, 0.717) is 6.42 Å². The Hall–Kier alpha value is -1.19. The summed E-state index contributed by atoms with van der Waals surface area (Å²) in [7, 11) is 0. The second-order valence-electron chi connectivity index (χ2n) is 4.57. The second-order valence-corrected chi connectivity index (χ2v) is 5.43. The van der Waals surface area contributed by atoms with E-state index in [1.54, 1.807) is 0 Å². The molecular weight excluding hydrogens is 290 g/mol. The number of halogens is 1. The van der Waals surface area contributed by atoms with Crippen molar-refractivity contribution in [2.24, 2.45) is 0 Å². The Kier molecular flexibility index (Phi) is 4.15. The lowest BCUT2D eigenvalue weighted by atomic mass is 10.0. The molecule has 0 aliphatic heterocycles. The Bertz CT molecular complexity index is 537. The highest BCUT2D eigenvalue weighted by Gasteiger charge is 2.12. The van der Waals surface area contributed by atoms with Crippen LogP contribution in [-0.4, -0.2) is 10.1 Å². The molecule has 1 aromatic carbocycles. The third-order valence-corrected chi connectivity index (χ3v) is 3.61.